The normalized spacial score (nSPS) is 10.8. The summed E-state index contributed by atoms with van der Waals surface area (Å²) >= 11 is 0.755. The Kier molecular flexibility index (Phi) is 9.53. The fraction of sp³-hybridized carbons (Fsp3) is 0.455. The standard InChI is InChI=1S/C22H32N2O2S/c1-4-6-13-24(14-7-5-2)20-15-18(17-23-3)16-21(27-25)22(20)26-19-11-9-8-10-12-19/h8-12,15-16,23,25H,4-7,13-14,17H2,1-3H3. The first-order valence-corrected chi connectivity index (χ1v) is 10.6. The van der Waals surface area contributed by atoms with Gasteiger partial charge in [0, 0.05) is 31.7 Å². The zero-order chi connectivity index (χ0) is 19.5. The predicted molar refractivity (Wildman–Crippen MR) is 116 cm³/mol. The van der Waals surface area contributed by atoms with Crippen LogP contribution < -0.4 is 15.0 Å². The van der Waals surface area contributed by atoms with Crippen LogP contribution in [0.3, 0.4) is 0 Å². The molecule has 0 unspecified atom stereocenters. The molecule has 0 aliphatic carbocycles. The average Bonchev–Trinajstić information content (AvgIpc) is 2.70. The van der Waals surface area contributed by atoms with Crippen molar-refractivity contribution < 1.29 is 9.29 Å². The zero-order valence-electron chi connectivity index (χ0n) is 16.7. The van der Waals surface area contributed by atoms with Gasteiger partial charge in [-0.05, 0) is 49.7 Å². The topological polar surface area (TPSA) is 44.7 Å². The van der Waals surface area contributed by atoms with Gasteiger partial charge >= 0.3 is 0 Å². The number of para-hydroxylation sites is 1. The summed E-state index contributed by atoms with van der Waals surface area (Å²) in [5, 5.41) is 3.21. The summed E-state index contributed by atoms with van der Waals surface area (Å²) in [6.45, 7) is 7.15. The lowest BCUT2D eigenvalue weighted by Crippen LogP contribution is -2.26. The van der Waals surface area contributed by atoms with Crippen LogP contribution in [0.2, 0.25) is 0 Å². The molecule has 0 heterocycles. The maximum absolute atomic E-state index is 9.95. The first kappa shape index (κ1) is 21.6. The first-order valence-electron chi connectivity index (χ1n) is 9.84. The Morgan fingerprint density at radius 1 is 1.04 bits per heavy atom. The molecular formula is C22H32N2O2S. The molecule has 4 nitrogen and oxygen atoms in total. The molecule has 0 saturated heterocycles. The molecule has 2 aromatic carbocycles. The van der Waals surface area contributed by atoms with E-state index in [2.05, 4.69) is 30.1 Å². The molecular weight excluding hydrogens is 356 g/mol. The number of anilines is 1. The number of ether oxygens (including phenoxy) is 1. The number of hydrogen-bond donors (Lipinski definition) is 2. The van der Waals surface area contributed by atoms with E-state index in [0.29, 0.717) is 0 Å². The van der Waals surface area contributed by atoms with Crippen molar-refractivity contribution in [1.82, 2.24) is 5.32 Å². The molecule has 0 radical (unpaired) electrons. The van der Waals surface area contributed by atoms with Gasteiger partial charge in [-0.15, -0.1) is 0 Å². The van der Waals surface area contributed by atoms with Gasteiger partial charge in [0.25, 0.3) is 0 Å². The molecule has 0 bridgehead atoms. The van der Waals surface area contributed by atoms with Crippen molar-refractivity contribution in [2.45, 2.75) is 51.0 Å². The van der Waals surface area contributed by atoms with Crippen LogP contribution in [0.4, 0.5) is 5.69 Å². The highest BCUT2D eigenvalue weighted by atomic mass is 32.2. The van der Waals surface area contributed by atoms with E-state index in [1.165, 1.54) is 0 Å². The van der Waals surface area contributed by atoms with Crippen molar-refractivity contribution in [3.05, 3.63) is 48.0 Å². The van der Waals surface area contributed by atoms with Crippen LogP contribution in [-0.2, 0) is 6.54 Å². The number of unbranched alkanes of at least 4 members (excludes halogenated alkanes) is 2. The lowest BCUT2D eigenvalue weighted by Gasteiger charge is -2.28. The van der Waals surface area contributed by atoms with E-state index in [9.17, 15) is 4.55 Å². The van der Waals surface area contributed by atoms with E-state index in [-0.39, 0.29) is 0 Å². The van der Waals surface area contributed by atoms with Crippen LogP contribution in [0.25, 0.3) is 0 Å². The molecule has 2 N–H and O–H groups in total. The van der Waals surface area contributed by atoms with Crippen LogP contribution in [0.5, 0.6) is 11.5 Å². The molecule has 0 fully saturated rings. The fourth-order valence-corrected chi connectivity index (χ4v) is 3.44. The third-order valence-electron chi connectivity index (χ3n) is 4.44. The van der Waals surface area contributed by atoms with Crippen molar-refractivity contribution in [1.29, 1.82) is 0 Å². The summed E-state index contributed by atoms with van der Waals surface area (Å²) in [6.07, 6.45) is 4.56. The number of benzene rings is 2. The molecule has 0 saturated carbocycles. The fourth-order valence-electron chi connectivity index (χ4n) is 3.01. The highest BCUT2D eigenvalue weighted by Gasteiger charge is 2.19. The molecule has 27 heavy (non-hydrogen) atoms. The summed E-state index contributed by atoms with van der Waals surface area (Å²) in [5.74, 6) is 1.52. The van der Waals surface area contributed by atoms with Crippen LogP contribution in [-0.4, -0.2) is 24.7 Å². The van der Waals surface area contributed by atoms with Crippen LogP contribution in [0, 0.1) is 0 Å². The molecule has 0 spiro atoms. The van der Waals surface area contributed by atoms with Crippen molar-refractivity contribution in [3.8, 4) is 11.5 Å². The minimum absolute atomic E-state index is 0.737. The van der Waals surface area contributed by atoms with Gasteiger partial charge in [-0.25, -0.2) is 0 Å². The third kappa shape index (κ3) is 6.45. The highest BCUT2D eigenvalue weighted by Crippen LogP contribution is 2.41. The summed E-state index contributed by atoms with van der Waals surface area (Å²) in [4.78, 5) is 3.16. The van der Waals surface area contributed by atoms with Crippen LogP contribution in [0.15, 0.2) is 47.4 Å². The number of nitrogens with one attached hydrogen (secondary N) is 1. The van der Waals surface area contributed by atoms with Crippen LogP contribution in [0.1, 0.15) is 45.1 Å². The lowest BCUT2D eigenvalue weighted by molar-refractivity contribution is 0.466. The largest absolute Gasteiger partial charge is 0.454 e. The Morgan fingerprint density at radius 3 is 2.26 bits per heavy atom. The van der Waals surface area contributed by atoms with E-state index >= 15 is 0 Å². The van der Waals surface area contributed by atoms with Gasteiger partial charge in [-0.1, -0.05) is 44.9 Å². The van der Waals surface area contributed by atoms with E-state index in [1.54, 1.807) is 0 Å². The van der Waals surface area contributed by atoms with Gasteiger partial charge in [0.1, 0.15) is 5.75 Å². The minimum Gasteiger partial charge on any atom is -0.454 e. The second-order valence-corrected chi connectivity index (χ2v) is 7.30. The van der Waals surface area contributed by atoms with Crippen molar-refractivity contribution in [2.24, 2.45) is 0 Å². The minimum atomic E-state index is 0.737. The zero-order valence-corrected chi connectivity index (χ0v) is 17.5. The van der Waals surface area contributed by atoms with E-state index in [0.717, 1.165) is 85.0 Å². The number of hydrogen-bond acceptors (Lipinski definition) is 5. The number of rotatable bonds is 12. The predicted octanol–water partition coefficient (Wildman–Crippen LogP) is 6.17. The van der Waals surface area contributed by atoms with Gasteiger partial charge in [0.2, 0.25) is 0 Å². The van der Waals surface area contributed by atoms with E-state index in [1.807, 2.05) is 43.4 Å². The summed E-state index contributed by atoms with van der Waals surface area (Å²) < 4.78 is 16.2. The third-order valence-corrected chi connectivity index (χ3v) is 4.94. The maximum Gasteiger partial charge on any atom is 0.166 e. The van der Waals surface area contributed by atoms with Gasteiger partial charge < -0.3 is 19.5 Å². The monoisotopic (exact) mass is 388 g/mol. The molecule has 0 amide bonds. The molecule has 0 aliphatic heterocycles. The molecule has 5 heteroatoms. The Hall–Kier alpha value is -1.69. The van der Waals surface area contributed by atoms with Gasteiger partial charge in [-0.3, -0.25) is 0 Å². The summed E-state index contributed by atoms with van der Waals surface area (Å²) in [6, 6.07) is 14.0. The summed E-state index contributed by atoms with van der Waals surface area (Å²) in [5.41, 5.74) is 2.20. The Balaban J connectivity index is 2.48. The molecule has 0 aromatic heterocycles. The smallest absolute Gasteiger partial charge is 0.166 e. The molecule has 2 aromatic rings. The van der Waals surface area contributed by atoms with E-state index in [4.69, 9.17) is 4.74 Å². The van der Waals surface area contributed by atoms with E-state index < -0.39 is 0 Å². The van der Waals surface area contributed by atoms with Gasteiger partial charge in [0.05, 0.1) is 10.6 Å². The maximum atomic E-state index is 9.95. The first-order chi connectivity index (χ1) is 13.2. The Bertz CT molecular complexity index is 672. The molecule has 148 valence electrons. The number of nitrogens with zero attached hydrogens (tertiary/aromatic N) is 1. The quantitative estimate of drug-likeness (QED) is 0.426. The molecule has 0 atom stereocenters. The van der Waals surface area contributed by atoms with Crippen molar-refractivity contribution in [3.63, 3.8) is 0 Å². The Morgan fingerprint density at radius 2 is 1.70 bits per heavy atom. The van der Waals surface area contributed by atoms with Gasteiger partial charge in [-0.2, -0.15) is 0 Å². The highest BCUT2D eigenvalue weighted by molar-refractivity contribution is 7.93. The second kappa shape index (κ2) is 11.9. The SMILES string of the molecule is CCCCN(CCCC)c1cc(CNC)cc(SO)c1Oc1ccccc1. The Labute approximate surface area is 168 Å². The molecule has 2 rings (SSSR count). The lowest BCUT2D eigenvalue weighted by atomic mass is 10.1. The molecule has 0 aliphatic rings. The average molecular weight is 389 g/mol. The summed E-state index contributed by atoms with van der Waals surface area (Å²) in [7, 11) is 1.94. The second-order valence-electron chi connectivity index (χ2n) is 6.67. The van der Waals surface area contributed by atoms with Gasteiger partial charge in [0.15, 0.2) is 5.75 Å². The van der Waals surface area contributed by atoms with Crippen molar-refractivity contribution in [2.75, 3.05) is 25.0 Å². The van der Waals surface area contributed by atoms with Crippen LogP contribution >= 0.6 is 12.0 Å². The van der Waals surface area contributed by atoms with Crippen molar-refractivity contribution >= 4 is 17.7 Å².